The number of aromatic nitrogens is 1. The highest BCUT2D eigenvalue weighted by Gasteiger charge is 2.42. The molecule has 0 aliphatic carbocycles. The lowest BCUT2D eigenvalue weighted by atomic mass is 9.91. The van der Waals surface area contributed by atoms with Crippen LogP contribution in [0.15, 0.2) is 42.6 Å². The summed E-state index contributed by atoms with van der Waals surface area (Å²) in [4.78, 5) is 68.7. The lowest BCUT2D eigenvalue weighted by Gasteiger charge is -2.29. The van der Waals surface area contributed by atoms with Crippen LogP contribution in [0.1, 0.15) is 43.7 Å². The third-order valence-electron chi connectivity index (χ3n) is 6.40. The van der Waals surface area contributed by atoms with Crippen molar-refractivity contribution in [1.29, 1.82) is 0 Å². The van der Waals surface area contributed by atoms with Gasteiger partial charge in [-0.1, -0.05) is 50.1 Å². The first kappa shape index (κ1) is 33.4. The van der Waals surface area contributed by atoms with Gasteiger partial charge in [0.25, 0.3) is 5.91 Å². The lowest BCUT2D eigenvalue weighted by Crippen LogP contribution is -2.47. The molecule has 0 bridgehead atoms. The Labute approximate surface area is 254 Å². The highest BCUT2D eigenvalue weighted by molar-refractivity contribution is 5.98. The molecule has 1 aromatic carbocycles. The van der Waals surface area contributed by atoms with Crippen molar-refractivity contribution < 1.29 is 52.4 Å². The second-order valence-electron chi connectivity index (χ2n) is 9.91. The number of hydrogen-bond donors (Lipinski definition) is 1. The van der Waals surface area contributed by atoms with E-state index >= 15 is 0 Å². The lowest BCUT2D eigenvalue weighted by molar-refractivity contribution is -0.176. The molecule has 1 saturated heterocycles. The predicted molar refractivity (Wildman–Crippen MR) is 152 cm³/mol. The minimum absolute atomic E-state index is 0.0284. The SMILES string of the molecule is CC#CCOC(=O)Oc1c(OC)ccnc1C(=O)NC1COC(=O)[C@H](Cc2ccccc2)C(OC(=O)C(C)C)[C@H](C)OC1=O. The Morgan fingerprint density at radius 1 is 1.11 bits per heavy atom. The van der Waals surface area contributed by atoms with E-state index in [1.54, 1.807) is 45.0 Å². The number of benzene rings is 1. The van der Waals surface area contributed by atoms with Gasteiger partial charge in [0, 0.05) is 12.3 Å². The van der Waals surface area contributed by atoms with Gasteiger partial charge >= 0.3 is 24.1 Å². The summed E-state index contributed by atoms with van der Waals surface area (Å²) in [6.45, 7) is 5.45. The summed E-state index contributed by atoms with van der Waals surface area (Å²) < 4.78 is 31.9. The maximum absolute atomic E-state index is 13.4. The molecular formula is C31H34N2O11. The standard InChI is InChI=1S/C31H34N2O11/c1-6-7-15-40-31(38)44-26-23(39-5)13-14-32-24(26)27(34)33-22-17-41-29(36)21(16-20-11-9-8-10-12-20)25(19(4)42-30(22)37)43-28(35)18(2)3/h8-14,18-19,21-22,25H,15-17H2,1-5H3,(H,33,34)/t19-,21+,22?,25?/m0/s1. The normalized spacial score (nSPS) is 19.9. The molecule has 44 heavy (non-hydrogen) atoms. The number of carbonyl (C=O) groups is 5. The molecule has 3 rings (SSSR count). The number of amides is 1. The molecule has 13 nitrogen and oxygen atoms in total. The summed E-state index contributed by atoms with van der Waals surface area (Å²) in [6, 6.07) is 8.85. The molecular weight excluding hydrogens is 576 g/mol. The Morgan fingerprint density at radius 2 is 1.84 bits per heavy atom. The molecule has 1 aliphatic heterocycles. The number of pyridine rings is 1. The average Bonchev–Trinajstić information content (AvgIpc) is 3.03. The van der Waals surface area contributed by atoms with E-state index in [-0.39, 0.29) is 24.5 Å². The summed E-state index contributed by atoms with van der Waals surface area (Å²) >= 11 is 0. The Bertz CT molecular complexity index is 1410. The third-order valence-corrected chi connectivity index (χ3v) is 6.40. The van der Waals surface area contributed by atoms with Gasteiger partial charge in [-0.05, 0) is 25.8 Å². The molecule has 1 amide bonds. The van der Waals surface area contributed by atoms with Crippen LogP contribution in [0, 0.1) is 23.7 Å². The minimum Gasteiger partial charge on any atom is -0.493 e. The maximum Gasteiger partial charge on any atom is 0.515 e. The molecule has 13 heteroatoms. The summed E-state index contributed by atoms with van der Waals surface area (Å²) in [5, 5.41) is 2.41. The van der Waals surface area contributed by atoms with Crippen molar-refractivity contribution in [3.8, 4) is 23.3 Å². The van der Waals surface area contributed by atoms with Gasteiger partial charge in [-0.3, -0.25) is 14.4 Å². The van der Waals surface area contributed by atoms with Crippen molar-refractivity contribution >= 4 is 30.0 Å². The van der Waals surface area contributed by atoms with E-state index in [0.29, 0.717) is 0 Å². The van der Waals surface area contributed by atoms with E-state index in [9.17, 15) is 24.0 Å². The summed E-state index contributed by atoms with van der Waals surface area (Å²) in [5.41, 5.74) is 0.334. The van der Waals surface area contributed by atoms with Gasteiger partial charge in [0.15, 0.2) is 30.2 Å². The molecule has 4 atom stereocenters. The molecule has 1 aliphatic rings. The molecule has 2 unspecified atom stereocenters. The molecule has 1 fully saturated rings. The smallest absolute Gasteiger partial charge is 0.493 e. The van der Waals surface area contributed by atoms with Crippen LogP contribution in [0.5, 0.6) is 11.5 Å². The van der Waals surface area contributed by atoms with Crippen molar-refractivity contribution in [3.05, 3.63) is 53.9 Å². The van der Waals surface area contributed by atoms with E-state index in [1.807, 2.05) is 6.07 Å². The molecule has 0 radical (unpaired) electrons. The number of ether oxygens (including phenoxy) is 6. The molecule has 234 valence electrons. The van der Waals surface area contributed by atoms with Crippen molar-refractivity contribution in [2.75, 3.05) is 20.3 Å². The largest absolute Gasteiger partial charge is 0.515 e. The Morgan fingerprint density at radius 3 is 2.50 bits per heavy atom. The van der Waals surface area contributed by atoms with Gasteiger partial charge in [-0.2, -0.15) is 0 Å². The van der Waals surface area contributed by atoms with Crippen molar-refractivity contribution in [3.63, 3.8) is 0 Å². The summed E-state index contributed by atoms with van der Waals surface area (Å²) in [7, 11) is 1.28. The van der Waals surface area contributed by atoms with Gasteiger partial charge in [0.05, 0.1) is 13.0 Å². The molecule has 0 spiro atoms. The number of esters is 3. The monoisotopic (exact) mass is 610 g/mol. The van der Waals surface area contributed by atoms with Crippen LogP contribution in [0.4, 0.5) is 4.79 Å². The number of carbonyl (C=O) groups excluding carboxylic acids is 5. The van der Waals surface area contributed by atoms with Gasteiger partial charge in [0.1, 0.15) is 18.6 Å². The quantitative estimate of drug-likeness (QED) is 0.251. The van der Waals surface area contributed by atoms with Crippen LogP contribution in [-0.2, 0) is 39.8 Å². The molecule has 1 aromatic heterocycles. The highest BCUT2D eigenvalue weighted by Crippen LogP contribution is 2.30. The first-order valence-corrected chi connectivity index (χ1v) is 13.7. The van der Waals surface area contributed by atoms with E-state index in [2.05, 4.69) is 22.1 Å². The molecule has 2 heterocycles. The van der Waals surface area contributed by atoms with Crippen LogP contribution in [0.25, 0.3) is 0 Å². The van der Waals surface area contributed by atoms with E-state index in [0.717, 1.165) is 5.56 Å². The second kappa shape index (κ2) is 15.9. The van der Waals surface area contributed by atoms with Crippen LogP contribution >= 0.6 is 0 Å². The fourth-order valence-electron chi connectivity index (χ4n) is 4.11. The predicted octanol–water partition coefficient (Wildman–Crippen LogP) is 2.64. The van der Waals surface area contributed by atoms with Crippen LogP contribution in [-0.4, -0.2) is 73.5 Å². The third kappa shape index (κ3) is 8.94. The number of cyclic esters (lactones) is 2. The molecule has 0 saturated carbocycles. The number of methoxy groups -OCH3 is 1. The zero-order chi connectivity index (χ0) is 32.2. The highest BCUT2D eigenvalue weighted by atomic mass is 16.7. The van der Waals surface area contributed by atoms with Crippen molar-refractivity contribution in [1.82, 2.24) is 10.3 Å². The Hall–Kier alpha value is -5.12. The van der Waals surface area contributed by atoms with Gasteiger partial charge in [0.2, 0.25) is 5.75 Å². The first-order valence-electron chi connectivity index (χ1n) is 13.7. The van der Waals surface area contributed by atoms with Gasteiger partial charge in [-0.25, -0.2) is 14.6 Å². The maximum atomic E-state index is 13.4. The average molecular weight is 611 g/mol. The van der Waals surface area contributed by atoms with E-state index in [1.165, 1.54) is 26.3 Å². The second-order valence-corrected chi connectivity index (χ2v) is 9.91. The van der Waals surface area contributed by atoms with E-state index < -0.39 is 72.4 Å². The number of nitrogens with one attached hydrogen (secondary N) is 1. The van der Waals surface area contributed by atoms with Crippen molar-refractivity contribution in [2.45, 2.75) is 52.4 Å². The fourth-order valence-corrected chi connectivity index (χ4v) is 4.11. The minimum atomic E-state index is -1.50. The number of rotatable bonds is 9. The van der Waals surface area contributed by atoms with E-state index in [4.69, 9.17) is 28.4 Å². The van der Waals surface area contributed by atoms with Gasteiger partial charge in [-0.15, -0.1) is 5.92 Å². The number of nitrogens with zero attached hydrogens (tertiary/aromatic N) is 1. The Balaban J connectivity index is 1.87. The zero-order valence-electron chi connectivity index (χ0n) is 25.0. The summed E-state index contributed by atoms with van der Waals surface area (Å²) in [6.07, 6.45) is -2.11. The summed E-state index contributed by atoms with van der Waals surface area (Å²) in [5.74, 6) is -0.174. The fraction of sp³-hybridized carbons (Fsp3) is 0.419. The van der Waals surface area contributed by atoms with Crippen LogP contribution in [0.3, 0.4) is 0 Å². The van der Waals surface area contributed by atoms with Crippen molar-refractivity contribution in [2.24, 2.45) is 11.8 Å². The molecule has 1 N–H and O–H groups in total. The number of hydrogen-bond acceptors (Lipinski definition) is 12. The first-order chi connectivity index (χ1) is 21.0. The van der Waals surface area contributed by atoms with Gasteiger partial charge < -0.3 is 33.7 Å². The Kier molecular flexibility index (Phi) is 12.1. The molecule has 2 aromatic rings. The zero-order valence-corrected chi connectivity index (χ0v) is 25.0. The van der Waals surface area contributed by atoms with Crippen LogP contribution < -0.4 is 14.8 Å². The topological polar surface area (TPSA) is 166 Å². The van der Waals surface area contributed by atoms with Crippen LogP contribution in [0.2, 0.25) is 0 Å².